The molecule has 57 heavy (non-hydrogen) atoms. The molecule has 0 radical (unpaired) electrons. The highest BCUT2D eigenvalue weighted by atomic mass is 32.1. The van der Waals surface area contributed by atoms with Gasteiger partial charge in [-0.25, -0.2) is 15.0 Å². The zero-order valence-corrected chi connectivity index (χ0v) is 31.2. The molecule has 0 bridgehead atoms. The summed E-state index contributed by atoms with van der Waals surface area (Å²) in [5.74, 6) is 1.83. The van der Waals surface area contributed by atoms with Gasteiger partial charge in [-0.05, 0) is 71.8 Å². The zero-order valence-electron chi connectivity index (χ0n) is 30.4. The molecule has 0 aliphatic rings. The van der Waals surface area contributed by atoms with E-state index in [4.69, 9.17) is 19.4 Å². The maximum atomic E-state index is 6.25. The van der Waals surface area contributed by atoms with Gasteiger partial charge in [-0.1, -0.05) is 121 Å². The Labute approximate surface area is 330 Å². The fraction of sp³-hybridized carbons (Fsp3) is 0. The van der Waals surface area contributed by atoms with E-state index >= 15 is 0 Å². The molecule has 0 aliphatic heterocycles. The minimum absolute atomic E-state index is 0.600. The number of hydrogen-bond donors (Lipinski definition) is 0. The van der Waals surface area contributed by atoms with E-state index < -0.39 is 0 Å². The van der Waals surface area contributed by atoms with E-state index in [1.54, 1.807) is 0 Å². The molecule has 6 heteroatoms. The van der Waals surface area contributed by atoms with Crippen LogP contribution in [0.15, 0.2) is 186 Å². The van der Waals surface area contributed by atoms with Crippen LogP contribution in [0.1, 0.15) is 0 Å². The van der Waals surface area contributed by atoms with Crippen molar-refractivity contribution in [2.24, 2.45) is 0 Å². The Morgan fingerprint density at radius 1 is 0.386 bits per heavy atom. The molecular weight excluding hydrogens is 717 g/mol. The van der Waals surface area contributed by atoms with E-state index in [1.807, 2.05) is 72.0 Å². The van der Waals surface area contributed by atoms with E-state index in [9.17, 15) is 0 Å². The maximum Gasteiger partial charge on any atom is 0.164 e. The predicted octanol–water partition coefficient (Wildman–Crippen LogP) is 13.9. The van der Waals surface area contributed by atoms with Crippen molar-refractivity contribution in [3.63, 3.8) is 0 Å². The molecule has 4 aromatic heterocycles. The quantitative estimate of drug-likeness (QED) is 0.176. The fourth-order valence-electron chi connectivity index (χ4n) is 8.49. The van der Waals surface area contributed by atoms with Gasteiger partial charge < -0.3 is 8.98 Å². The molecule has 5 nitrogen and oxygen atoms in total. The lowest BCUT2D eigenvalue weighted by molar-refractivity contribution is 0.669. The lowest BCUT2D eigenvalue weighted by Crippen LogP contribution is -2.01. The average molecular weight is 747 g/mol. The standard InChI is InChI=1S/C51H30N4OS/c1-2-12-31(13-3-1)49-52-50(54-51(53-49)40-18-10-21-44-47(40)38-15-5-8-20-43(38)56-44)32-24-27-34(28-25-32)55-41-19-7-4-14-36(41)37-29-26-33(30-42(37)55)35-17-11-23-46-48(35)39-16-6-9-22-45(39)57-46/h1-30H. The van der Waals surface area contributed by atoms with Crippen molar-refractivity contribution in [3.05, 3.63) is 182 Å². The van der Waals surface area contributed by atoms with Gasteiger partial charge in [-0.15, -0.1) is 11.3 Å². The highest BCUT2D eigenvalue weighted by molar-refractivity contribution is 7.25. The largest absolute Gasteiger partial charge is 0.456 e. The normalized spacial score (nSPS) is 11.9. The first kappa shape index (κ1) is 31.9. The van der Waals surface area contributed by atoms with E-state index in [-0.39, 0.29) is 0 Å². The van der Waals surface area contributed by atoms with Crippen molar-refractivity contribution < 1.29 is 4.42 Å². The minimum Gasteiger partial charge on any atom is -0.456 e. The third kappa shape index (κ3) is 5.04. The van der Waals surface area contributed by atoms with E-state index in [0.29, 0.717) is 17.5 Å². The van der Waals surface area contributed by atoms with Gasteiger partial charge in [0.1, 0.15) is 11.2 Å². The lowest BCUT2D eigenvalue weighted by atomic mass is 9.98. The molecule has 0 aliphatic carbocycles. The van der Waals surface area contributed by atoms with Gasteiger partial charge in [-0.2, -0.15) is 0 Å². The van der Waals surface area contributed by atoms with Crippen LogP contribution < -0.4 is 0 Å². The first-order valence-corrected chi connectivity index (χ1v) is 19.8. The second-order valence-electron chi connectivity index (χ2n) is 14.4. The van der Waals surface area contributed by atoms with Crippen molar-refractivity contribution in [2.45, 2.75) is 0 Å². The van der Waals surface area contributed by atoms with Gasteiger partial charge in [0.2, 0.25) is 0 Å². The third-order valence-electron chi connectivity index (χ3n) is 11.1. The van der Waals surface area contributed by atoms with Crippen LogP contribution in [0.25, 0.3) is 115 Å². The van der Waals surface area contributed by atoms with Crippen LogP contribution in [0, 0.1) is 0 Å². The summed E-state index contributed by atoms with van der Waals surface area (Å²) in [6, 6.07) is 63.9. The number of furan rings is 1. The first-order chi connectivity index (χ1) is 28.2. The number of para-hydroxylation sites is 2. The molecule has 0 spiro atoms. The van der Waals surface area contributed by atoms with Crippen LogP contribution in [0.3, 0.4) is 0 Å². The molecule has 0 fully saturated rings. The molecule has 8 aromatic carbocycles. The van der Waals surface area contributed by atoms with Gasteiger partial charge in [0.05, 0.1) is 11.0 Å². The minimum atomic E-state index is 0.600. The Kier molecular flexibility index (Phi) is 7.03. The highest BCUT2D eigenvalue weighted by Crippen LogP contribution is 2.42. The van der Waals surface area contributed by atoms with Crippen LogP contribution in [0.5, 0.6) is 0 Å². The molecule has 0 saturated heterocycles. The number of nitrogens with zero attached hydrogens (tertiary/aromatic N) is 4. The van der Waals surface area contributed by atoms with Gasteiger partial charge in [0.15, 0.2) is 17.5 Å². The molecule has 266 valence electrons. The van der Waals surface area contributed by atoms with E-state index in [0.717, 1.165) is 55.3 Å². The number of fused-ring (bicyclic) bond motifs is 9. The molecular formula is C51H30N4OS. The molecule has 0 unspecified atom stereocenters. The molecule has 12 aromatic rings. The second kappa shape index (κ2) is 12.6. The van der Waals surface area contributed by atoms with Crippen LogP contribution in [-0.4, -0.2) is 19.5 Å². The monoisotopic (exact) mass is 746 g/mol. The summed E-state index contributed by atoms with van der Waals surface area (Å²) in [7, 11) is 0. The van der Waals surface area contributed by atoms with Crippen LogP contribution in [-0.2, 0) is 0 Å². The van der Waals surface area contributed by atoms with Gasteiger partial charge >= 0.3 is 0 Å². The SMILES string of the molecule is c1ccc(-c2nc(-c3ccc(-n4c5ccccc5c5ccc(-c6cccc7sc8ccccc8c67)cc54)cc3)nc(-c3cccc4oc5ccccc5c34)n2)cc1. The molecule has 0 saturated carbocycles. The van der Waals surface area contributed by atoms with Crippen molar-refractivity contribution in [1.29, 1.82) is 0 Å². The number of hydrogen-bond acceptors (Lipinski definition) is 5. The maximum absolute atomic E-state index is 6.25. The Balaban J connectivity index is 1.02. The van der Waals surface area contributed by atoms with Gasteiger partial charge in [0.25, 0.3) is 0 Å². The van der Waals surface area contributed by atoms with E-state index in [2.05, 4.69) is 126 Å². The molecule has 4 heterocycles. The van der Waals surface area contributed by atoms with E-state index in [1.165, 1.54) is 42.1 Å². The number of rotatable bonds is 5. The predicted molar refractivity (Wildman–Crippen MR) is 236 cm³/mol. The average Bonchev–Trinajstić information content (AvgIpc) is 3.96. The van der Waals surface area contributed by atoms with Crippen molar-refractivity contribution >= 4 is 75.3 Å². The zero-order chi connectivity index (χ0) is 37.5. The van der Waals surface area contributed by atoms with Crippen molar-refractivity contribution in [2.75, 3.05) is 0 Å². The Hall–Kier alpha value is -7.41. The fourth-order valence-corrected chi connectivity index (χ4v) is 9.63. The van der Waals surface area contributed by atoms with Crippen LogP contribution >= 0.6 is 11.3 Å². The topological polar surface area (TPSA) is 56.7 Å². The molecule has 12 rings (SSSR count). The smallest absolute Gasteiger partial charge is 0.164 e. The van der Waals surface area contributed by atoms with Gasteiger partial charge in [-0.3, -0.25) is 0 Å². The molecule has 0 amide bonds. The third-order valence-corrected chi connectivity index (χ3v) is 12.2. The highest BCUT2D eigenvalue weighted by Gasteiger charge is 2.19. The van der Waals surface area contributed by atoms with Crippen LogP contribution in [0.2, 0.25) is 0 Å². The van der Waals surface area contributed by atoms with Gasteiger partial charge in [0, 0.05) is 64.1 Å². The first-order valence-electron chi connectivity index (χ1n) is 19.0. The van der Waals surface area contributed by atoms with Crippen LogP contribution in [0.4, 0.5) is 0 Å². The number of thiophene rings is 1. The summed E-state index contributed by atoms with van der Waals surface area (Å²) < 4.78 is 11.2. The Morgan fingerprint density at radius 3 is 1.86 bits per heavy atom. The molecule has 0 N–H and O–H groups in total. The summed E-state index contributed by atoms with van der Waals surface area (Å²) in [4.78, 5) is 15.3. The lowest BCUT2D eigenvalue weighted by Gasteiger charge is -2.12. The Morgan fingerprint density at radius 2 is 1.00 bits per heavy atom. The summed E-state index contributed by atoms with van der Waals surface area (Å²) in [5.41, 5.74) is 10.2. The summed E-state index contributed by atoms with van der Waals surface area (Å²) in [6.45, 7) is 0. The number of aromatic nitrogens is 4. The Bertz CT molecular complexity index is 3520. The summed E-state index contributed by atoms with van der Waals surface area (Å²) in [6.07, 6.45) is 0. The van der Waals surface area contributed by atoms with Crippen molar-refractivity contribution in [3.8, 4) is 51.0 Å². The molecule has 0 atom stereocenters. The second-order valence-corrected chi connectivity index (χ2v) is 15.4. The number of benzene rings is 8. The van der Waals surface area contributed by atoms with Crippen molar-refractivity contribution in [1.82, 2.24) is 19.5 Å². The summed E-state index contributed by atoms with van der Waals surface area (Å²) >= 11 is 1.85. The summed E-state index contributed by atoms with van der Waals surface area (Å²) in [5, 5.41) is 7.08.